The molecular formula is C13H21BrN2. The van der Waals surface area contributed by atoms with Gasteiger partial charge >= 0.3 is 0 Å². The maximum atomic E-state index is 4.55. The van der Waals surface area contributed by atoms with E-state index in [1.807, 2.05) is 13.0 Å². The van der Waals surface area contributed by atoms with E-state index in [2.05, 4.69) is 51.8 Å². The van der Waals surface area contributed by atoms with E-state index in [0.717, 1.165) is 24.1 Å². The number of aryl methyl sites for hydroxylation is 1. The lowest BCUT2D eigenvalue weighted by molar-refractivity contribution is 0.211. The Hall–Kier alpha value is -0.410. The van der Waals surface area contributed by atoms with Gasteiger partial charge in [-0.05, 0) is 45.9 Å². The van der Waals surface area contributed by atoms with E-state index in [1.54, 1.807) is 0 Å². The predicted octanol–water partition coefficient (Wildman–Crippen LogP) is 3.39. The van der Waals surface area contributed by atoms with Crippen molar-refractivity contribution in [1.82, 2.24) is 9.88 Å². The van der Waals surface area contributed by atoms with Crippen molar-refractivity contribution in [3.8, 4) is 0 Å². The highest BCUT2D eigenvalue weighted by atomic mass is 79.9. The summed E-state index contributed by atoms with van der Waals surface area (Å²) in [5.41, 5.74) is 2.27. The highest BCUT2D eigenvalue weighted by Crippen LogP contribution is 2.08. The molecule has 0 unspecified atom stereocenters. The topological polar surface area (TPSA) is 16.1 Å². The third-order valence-corrected chi connectivity index (χ3v) is 3.18. The fraction of sp³-hybridized carbons (Fsp3) is 0.615. The van der Waals surface area contributed by atoms with Crippen LogP contribution in [0.15, 0.2) is 18.2 Å². The van der Waals surface area contributed by atoms with Crippen molar-refractivity contribution in [3.63, 3.8) is 0 Å². The van der Waals surface area contributed by atoms with Crippen LogP contribution in [0.2, 0.25) is 0 Å². The Balaban J connectivity index is 2.60. The minimum absolute atomic E-state index is 0.571. The molecule has 2 nitrogen and oxygen atoms in total. The molecule has 0 bridgehead atoms. The minimum atomic E-state index is 0.571. The summed E-state index contributed by atoms with van der Waals surface area (Å²) >= 11 is 3.48. The molecule has 0 radical (unpaired) electrons. The first kappa shape index (κ1) is 13.7. The van der Waals surface area contributed by atoms with Gasteiger partial charge in [-0.15, -0.1) is 0 Å². The number of halogens is 1. The van der Waals surface area contributed by atoms with Crippen LogP contribution in [-0.2, 0) is 6.54 Å². The lowest BCUT2D eigenvalue weighted by Crippen LogP contribution is -2.31. The summed E-state index contributed by atoms with van der Waals surface area (Å²) in [6.45, 7) is 8.60. The molecule has 0 fully saturated rings. The lowest BCUT2D eigenvalue weighted by Gasteiger charge is -2.25. The molecule has 90 valence electrons. The number of rotatable bonds is 6. The van der Waals surface area contributed by atoms with Gasteiger partial charge in [-0.1, -0.05) is 22.0 Å². The zero-order chi connectivity index (χ0) is 12.0. The van der Waals surface area contributed by atoms with Crippen molar-refractivity contribution in [3.05, 3.63) is 29.6 Å². The van der Waals surface area contributed by atoms with Crippen molar-refractivity contribution in [2.24, 2.45) is 0 Å². The maximum absolute atomic E-state index is 4.55. The summed E-state index contributed by atoms with van der Waals surface area (Å²) in [5, 5.41) is 1.07. The van der Waals surface area contributed by atoms with Crippen LogP contribution in [0.1, 0.15) is 31.7 Å². The number of aromatic nitrogens is 1. The average molecular weight is 285 g/mol. The minimum Gasteiger partial charge on any atom is -0.295 e. The number of hydrogen-bond donors (Lipinski definition) is 0. The standard InChI is InChI=1S/C13H21BrN2/c1-11(2)16(9-5-8-14)10-13-7-4-6-12(3)15-13/h4,6-7,11H,5,8-10H2,1-3H3. The second kappa shape index (κ2) is 7.02. The smallest absolute Gasteiger partial charge is 0.0547 e. The molecule has 0 atom stereocenters. The van der Waals surface area contributed by atoms with Gasteiger partial charge in [0.05, 0.1) is 5.69 Å². The quantitative estimate of drug-likeness (QED) is 0.745. The molecule has 0 spiro atoms. The van der Waals surface area contributed by atoms with E-state index in [0.29, 0.717) is 6.04 Å². The van der Waals surface area contributed by atoms with E-state index in [-0.39, 0.29) is 0 Å². The Morgan fingerprint density at radius 3 is 2.69 bits per heavy atom. The molecular weight excluding hydrogens is 264 g/mol. The summed E-state index contributed by atoms with van der Waals surface area (Å²) in [6, 6.07) is 6.81. The van der Waals surface area contributed by atoms with Gasteiger partial charge < -0.3 is 0 Å². The van der Waals surface area contributed by atoms with Crippen molar-refractivity contribution >= 4 is 15.9 Å². The molecule has 1 aromatic rings. The van der Waals surface area contributed by atoms with Crippen molar-refractivity contribution in [2.45, 2.75) is 39.8 Å². The molecule has 0 aliphatic rings. The van der Waals surface area contributed by atoms with E-state index in [1.165, 1.54) is 12.1 Å². The van der Waals surface area contributed by atoms with Crippen LogP contribution < -0.4 is 0 Å². The van der Waals surface area contributed by atoms with E-state index < -0.39 is 0 Å². The Morgan fingerprint density at radius 1 is 1.38 bits per heavy atom. The molecule has 0 saturated heterocycles. The zero-order valence-corrected chi connectivity index (χ0v) is 12.0. The van der Waals surface area contributed by atoms with Crippen LogP contribution in [0, 0.1) is 6.92 Å². The first-order valence-corrected chi connectivity index (χ1v) is 6.98. The molecule has 1 heterocycles. The highest BCUT2D eigenvalue weighted by molar-refractivity contribution is 9.09. The van der Waals surface area contributed by atoms with Crippen LogP contribution in [0.4, 0.5) is 0 Å². The highest BCUT2D eigenvalue weighted by Gasteiger charge is 2.10. The normalized spacial score (nSPS) is 11.4. The molecule has 0 saturated carbocycles. The van der Waals surface area contributed by atoms with Crippen LogP contribution >= 0.6 is 15.9 Å². The van der Waals surface area contributed by atoms with Gasteiger partial charge in [-0.2, -0.15) is 0 Å². The van der Waals surface area contributed by atoms with E-state index in [4.69, 9.17) is 0 Å². The van der Waals surface area contributed by atoms with Crippen molar-refractivity contribution in [1.29, 1.82) is 0 Å². The van der Waals surface area contributed by atoms with Crippen molar-refractivity contribution in [2.75, 3.05) is 11.9 Å². The molecule has 1 rings (SSSR count). The second-order valence-corrected chi connectivity index (χ2v) is 5.17. The van der Waals surface area contributed by atoms with Gasteiger partial charge in [0.15, 0.2) is 0 Å². The lowest BCUT2D eigenvalue weighted by atomic mass is 10.2. The Bertz CT molecular complexity index is 313. The second-order valence-electron chi connectivity index (χ2n) is 4.38. The Labute approximate surface area is 107 Å². The molecule has 0 aromatic carbocycles. The van der Waals surface area contributed by atoms with Gasteiger partial charge in [0.25, 0.3) is 0 Å². The number of nitrogens with zero attached hydrogens (tertiary/aromatic N) is 2. The Kier molecular flexibility index (Phi) is 5.99. The largest absolute Gasteiger partial charge is 0.295 e. The first-order chi connectivity index (χ1) is 7.63. The third-order valence-electron chi connectivity index (χ3n) is 2.62. The van der Waals surface area contributed by atoms with E-state index >= 15 is 0 Å². The summed E-state index contributed by atoms with van der Waals surface area (Å²) in [4.78, 5) is 7.01. The Morgan fingerprint density at radius 2 is 2.12 bits per heavy atom. The summed E-state index contributed by atoms with van der Waals surface area (Å²) in [6.07, 6.45) is 1.18. The molecule has 0 aliphatic heterocycles. The number of alkyl halides is 1. The monoisotopic (exact) mass is 284 g/mol. The SMILES string of the molecule is Cc1cccc(CN(CCCBr)C(C)C)n1. The number of hydrogen-bond acceptors (Lipinski definition) is 2. The molecule has 0 aliphatic carbocycles. The van der Waals surface area contributed by atoms with Crippen molar-refractivity contribution < 1.29 is 0 Å². The molecule has 3 heteroatoms. The zero-order valence-electron chi connectivity index (χ0n) is 10.4. The molecule has 0 N–H and O–H groups in total. The van der Waals surface area contributed by atoms with Gasteiger partial charge in [0.2, 0.25) is 0 Å². The summed E-state index contributed by atoms with van der Waals surface area (Å²) < 4.78 is 0. The van der Waals surface area contributed by atoms with Crippen LogP contribution in [-0.4, -0.2) is 27.8 Å². The first-order valence-electron chi connectivity index (χ1n) is 5.86. The fourth-order valence-corrected chi connectivity index (χ4v) is 1.93. The fourth-order valence-electron chi connectivity index (χ4n) is 1.68. The van der Waals surface area contributed by atoms with Crippen LogP contribution in [0.3, 0.4) is 0 Å². The third kappa shape index (κ3) is 4.62. The van der Waals surface area contributed by atoms with Gasteiger partial charge in [-0.3, -0.25) is 9.88 Å². The van der Waals surface area contributed by atoms with E-state index in [9.17, 15) is 0 Å². The van der Waals surface area contributed by atoms with Gasteiger partial charge in [0, 0.05) is 23.6 Å². The predicted molar refractivity (Wildman–Crippen MR) is 72.9 cm³/mol. The molecule has 0 amide bonds. The molecule has 1 aromatic heterocycles. The average Bonchev–Trinajstić information content (AvgIpc) is 2.24. The van der Waals surface area contributed by atoms with Crippen LogP contribution in [0.5, 0.6) is 0 Å². The number of pyridine rings is 1. The van der Waals surface area contributed by atoms with Crippen LogP contribution in [0.25, 0.3) is 0 Å². The van der Waals surface area contributed by atoms with Gasteiger partial charge in [0.1, 0.15) is 0 Å². The summed E-state index contributed by atoms with van der Waals surface area (Å²) in [5.74, 6) is 0. The molecule has 16 heavy (non-hydrogen) atoms. The maximum Gasteiger partial charge on any atom is 0.0547 e. The van der Waals surface area contributed by atoms with Gasteiger partial charge in [-0.25, -0.2) is 0 Å². The summed E-state index contributed by atoms with van der Waals surface area (Å²) in [7, 11) is 0.